The maximum absolute atomic E-state index is 13.6. The van der Waals surface area contributed by atoms with Crippen LogP contribution in [0.3, 0.4) is 0 Å². The van der Waals surface area contributed by atoms with Crippen LogP contribution in [-0.4, -0.2) is 16.1 Å². The van der Waals surface area contributed by atoms with Gasteiger partial charge >= 0.3 is 0 Å². The molecule has 0 spiro atoms. The van der Waals surface area contributed by atoms with Gasteiger partial charge in [0.05, 0.1) is 21.2 Å². The molecule has 0 fully saturated rings. The van der Waals surface area contributed by atoms with Gasteiger partial charge in [-0.3, -0.25) is 4.79 Å². The lowest BCUT2D eigenvalue weighted by molar-refractivity contribution is -0.115. The molecule has 1 atom stereocenters. The molecule has 0 saturated heterocycles. The summed E-state index contributed by atoms with van der Waals surface area (Å²) in [4.78, 5) is 16.5. The Kier molecular flexibility index (Phi) is 4.77. The summed E-state index contributed by atoms with van der Waals surface area (Å²) in [5, 5.41) is 1.68. The number of benzene rings is 2. The predicted molar refractivity (Wildman–Crippen MR) is 89.9 cm³/mol. The summed E-state index contributed by atoms with van der Waals surface area (Å²) >= 11 is 2.66. The van der Waals surface area contributed by atoms with Gasteiger partial charge < -0.3 is 5.32 Å². The van der Waals surface area contributed by atoms with Crippen molar-refractivity contribution in [2.45, 2.75) is 16.5 Å². The van der Waals surface area contributed by atoms with Gasteiger partial charge in [-0.05, 0) is 31.2 Å². The number of nitrogens with one attached hydrogen (secondary N) is 1. The quantitative estimate of drug-likeness (QED) is 0.530. The smallest absolute Gasteiger partial charge is 0.237 e. The zero-order chi connectivity index (χ0) is 17.3. The van der Waals surface area contributed by atoms with Crippen molar-refractivity contribution in [3.8, 4) is 0 Å². The van der Waals surface area contributed by atoms with E-state index in [4.69, 9.17) is 0 Å². The molecule has 0 unspecified atom stereocenters. The second kappa shape index (κ2) is 6.82. The van der Waals surface area contributed by atoms with Crippen molar-refractivity contribution in [2.24, 2.45) is 0 Å². The normalized spacial score (nSPS) is 12.3. The summed E-state index contributed by atoms with van der Waals surface area (Å²) in [7, 11) is 0. The molecule has 0 aliphatic heterocycles. The third kappa shape index (κ3) is 3.39. The zero-order valence-electron chi connectivity index (χ0n) is 12.3. The van der Waals surface area contributed by atoms with Gasteiger partial charge in [0.2, 0.25) is 5.91 Å². The predicted octanol–water partition coefficient (Wildman–Crippen LogP) is 4.83. The molecule has 8 heteroatoms. The minimum atomic E-state index is -1.61. The SMILES string of the molecule is C[C@@H](Sc1nc2ccccc2s1)C(=O)Nc1ccc(F)c(F)c1F. The minimum absolute atomic E-state index is 0.393. The Labute approximate surface area is 143 Å². The van der Waals surface area contributed by atoms with E-state index in [0.29, 0.717) is 4.34 Å². The van der Waals surface area contributed by atoms with Crippen molar-refractivity contribution in [1.82, 2.24) is 4.98 Å². The number of aromatic nitrogens is 1. The summed E-state index contributed by atoms with van der Waals surface area (Å²) in [6.45, 7) is 1.63. The number of anilines is 1. The van der Waals surface area contributed by atoms with Gasteiger partial charge in [0.25, 0.3) is 0 Å². The first kappa shape index (κ1) is 16.8. The Bertz CT molecular complexity index is 880. The van der Waals surface area contributed by atoms with E-state index in [-0.39, 0.29) is 0 Å². The number of carbonyl (C=O) groups is 1. The molecule has 1 amide bonds. The Morgan fingerprint density at radius 1 is 1.17 bits per heavy atom. The first-order valence-corrected chi connectivity index (χ1v) is 8.62. The van der Waals surface area contributed by atoms with E-state index in [1.807, 2.05) is 24.3 Å². The van der Waals surface area contributed by atoms with Crippen LogP contribution in [-0.2, 0) is 4.79 Å². The Balaban J connectivity index is 1.72. The summed E-state index contributed by atoms with van der Waals surface area (Å²) in [5.74, 6) is -4.86. The summed E-state index contributed by atoms with van der Waals surface area (Å²) in [5.41, 5.74) is 0.444. The molecule has 0 saturated carbocycles. The maximum Gasteiger partial charge on any atom is 0.237 e. The molecular weight excluding hydrogens is 357 g/mol. The molecule has 1 aromatic heterocycles. The van der Waals surface area contributed by atoms with Crippen molar-refractivity contribution in [2.75, 3.05) is 5.32 Å². The third-order valence-corrected chi connectivity index (χ3v) is 5.44. The first-order valence-electron chi connectivity index (χ1n) is 6.92. The van der Waals surface area contributed by atoms with E-state index < -0.39 is 34.3 Å². The lowest BCUT2D eigenvalue weighted by atomic mass is 10.2. The number of thioether (sulfide) groups is 1. The second-order valence-electron chi connectivity index (χ2n) is 4.92. The molecular formula is C16H11F3N2OS2. The number of hydrogen-bond acceptors (Lipinski definition) is 4. The van der Waals surface area contributed by atoms with Gasteiger partial charge in [0.1, 0.15) is 0 Å². The number of fused-ring (bicyclic) bond motifs is 1. The highest BCUT2D eigenvalue weighted by atomic mass is 32.2. The fourth-order valence-electron chi connectivity index (χ4n) is 1.96. The average molecular weight is 368 g/mol. The minimum Gasteiger partial charge on any atom is -0.323 e. The number of amides is 1. The van der Waals surface area contributed by atoms with E-state index in [9.17, 15) is 18.0 Å². The van der Waals surface area contributed by atoms with Crippen molar-refractivity contribution < 1.29 is 18.0 Å². The Morgan fingerprint density at radius 3 is 2.67 bits per heavy atom. The molecule has 0 aliphatic carbocycles. The van der Waals surface area contributed by atoms with Crippen LogP contribution in [0.25, 0.3) is 10.2 Å². The van der Waals surface area contributed by atoms with Crippen LogP contribution in [0.1, 0.15) is 6.92 Å². The molecule has 3 aromatic rings. The van der Waals surface area contributed by atoms with Crippen LogP contribution in [0.15, 0.2) is 40.7 Å². The maximum atomic E-state index is 13.6. The third-order valence-electron chi connectivity index (χ3n) is 3.21. The summed E-state index contributed by atoms with van der Waals surface area (Å²) in [6.07, 6.45) is 0. The van der Waals surface area contributed by atoms with E-state index >= 15 is 0 Å². The highest BCUT2D eigenvalue weighted by Gasteiger charge is 2.20. The summed E-state index contributed by atoms with van der Waals surface area (Å²) in [6, 6.07) is 9.32. The average Bonchev–Trinajstić information content (AvgIpc) is 2.97. The molecule has 0 radical (unpaired) electrons. The summed E-state index contributed by atoms with van der Waals surface area (Å²) < 4.78 is 41.4. The highest BCUT2D eigenvalue weighted by Crippen LogP contribution is 2.32. The van der Waals surface area contributed by atoms with Crippen LogP contribution in [0.4, 0.5) is 18.9 Å². The highest BCUT2D eigenvalue weighted by molar-refractivity contribution is 8.02. The van der Waals surface area contributed by atoms with Gasteiger partial charge in [0, 0.05) is 0 Å². The number of para-hydroxylation sites is 1. The number of nitrogens with zero attached hydrogens (tertiary/aromatic N) is 1. The molecule has 0 bridgehead atoms. The van der Waals surface area contributed by atoms with Crippen molar-refractivity contribution in [3.63, 3.8) is 0 Å². The molecule has 1 N–H and O–H groups in total. The zero-order valence-corrected chi connectivity index (χ0v) is 14.0. The van der Waals surface area contributed by atoms with E-state index in [2.05, 4.69) is 10.3 Å². The topological polar surface area (TPSA) is 42.0 Å². The standard InChI is InChI=1S/C16H11F3N2OS2/c1-8(23-16-21-10-4-2-3-5-12(10)24-16)15(22)20-11-7-6-9(17)13(18)14(11)19/h2-8H,1H3,(H,20,22)/t8-/m1/s1. The lowest BCUT2D eigenvalue weighted by Gasteiger charge is -2.11. The molecule has 24 heavy (non-hydrogen) atoms. The van der Waals surface area contributed by atoms with Gasteiger partial charge in [-0.25, -0.2) is 18.2 Å². The number of rotatable bonds is 4. The van der Waals surface area contributed by atoms with Crippen LogP contribution in [0, 0.1) is 17.5 Å². The fourth-order valence-corrected chi connectivity index (χ4v) is 4.17. The molecule has 124 valence electrons. The molecule has 2 aromatic carbocycles. The first-order chi connectivity index (χ1) is 11.5. The van der Waals surface area contributed by atoms with Gasteiger partial charge in [0.15, 0.2) is 21.8 Å². The van der Waals surface area contributed by atoms with E-state index in [1.54, 1.807) is 6.92 Å². The van der Waals surface area contributed by atoms with Gasteiger partial charge in [-0.15, -0.1) is 11.3 Å². The van der Waals surface area contributed by atoms with Crippen LogP contribution >= 0.6 is 23.1 Å². The lowest BCUT2D eigenvalue weighted by Crippen LogP contribution is -2.23. The number of thiazole rings is 1. The van der Waals surface area contributed by atoms with Crippen LogP contribution in [0.5, 0.6) is 0 Å². The largest absolute Gasteiger partial charge is 0.323 e. The van der Waals surface area contributed by atoms with Crippen molar-refractivity contribution >= 4 is 44.9 Å². The van der Waals surface area contributed by atoms with E-state index in [0.717, 1.165) is 22.3 Å². The molecule has 1 heterocycles. The molecule has 3 nitrogen and oxygen atoms in total. The number of carbonyl (C=O) groups excluding carboxylic acids is 1. The monoisotopic (exact) mass is 368 g/mol. The van der Waals surface area contributed by atoms with Crippen LogP contribution in [0.2, 0.25) is 0 Å². The molecule has 0 aliphatic rings. The second-order valence-corrected chi connectivity index (χ2v) is 7.54. The van der Waals surface area contributed by atoms with E-state index in [1.165, 1.54) is 23.1 Å². The Hall–Kier alpha value is -2.06. The van der Waals surface area contributed by atoms with Crippen molar-refractivity contribution in [3.05, 3.63) is 53.8 Å². The van der Waals surface area contributed by atoms with Crippen LogP contribution < -0.4 is 5.32 Å². The van der Waals surface area contributed by atoms with Crippen molar-refractivity contribution in [1.29, 1.82) is 0 Å². The fraction of sp³-hybridized carbons (Fsp3) is 0.125. The van der Waals surface area contributed by atoms with Gasteiger partial charge in [-0.2, -0.15) is 0 Å². The number of hydrogen-bond donors (Lipinski definition) is 1. The number of halogens is 3. The molecule has 3 rings (SSSR count). The van der Waals surface area contributed by atoms with Gasteiger partial charge in [-0.1, -0.05) is 23.9 Å². The Morgan fingerprint density at radius 2 is 1.92 bits per heavy atom.